The van der Waals surface area contributed by atoms with Gasteiger partial charge >= 0.3 is 0 Å². The first-order valence-electron chi connectivity index (χ1n) is 6.54. The summed E-state index contributed by atoms with van der Waals surface area (Å²) in [4.78, 5) is 0. The monoisotopic (exact) mass is 285 g/mol. The molecular weight excluding hydrogens is 269 g/mol. The minimum absolute atomic E-state index is 0.0156. The molecule has 0 spiro atoms. The number of nitrogens with one attached hydrogen (secondary N) is 1. The molecule has 1 heterocycles. The van der Waals surface area contributed by atoms with E-state index in [0.29, 0.717) is 22.0 Å². The number of hydrogen-bond acceptors (Lipinski definition) is 2. The van der Waals surface area contributed by atoms with E-state index in [2.05, 4.69) is 5.32 Å². The molecule has 0 aromatic heterocycles. The van der Waals surface area contributed by atoms with Crippen molar-refractivity contribution in [3.8, 4) is 0 Å². The van der Waals surface area contributed by atoms with Crippen LogP contribution in [0, 0.1) is 5.92 Å². The molecule has 3 atom stereocenters. The second-order valence-corrected chi connectivity index (χ2v) is 5.96. The Morgan fingerprint density at radius 3 is 3.00 bits per heavy atom. The molecule has 1 saturated heterocycles. The highest BCUT2D eigenvalue weighted by Crippen LogP contribution is 2.35. The SMILES string of the molecule is Clc1cccc(C2CNC3CCCC3CO2)c1Cl. The number of benzene rings is 1. The predicted octanol–water partition coefficient (Wildman–Crippen LogP) is 3.82. The summed E-state index contributed by atoms with van der Waals surface area (Å²) in [6.07, 6.45) is 3.87. The van der Waals surface area contributed by atoms with Gasteiger partial charge in [-0.3, -0.25) is 0 Å². The highest BCUT2D eigenvalue weighted by Gasteiger charge is 2.32. The van der Waals surface area contributed by atoms with E-state index in [1.54, 1.807) is 0 Å². The Morgan fingerprint density at radius 1 is 1.22 bits per heavy atom. The minimum Gasteiger partial charge on any atom is -0.372 e. The Labute approximate surface area is 118 Å². The lowest BCUT2D eigenvalue weighted by molar-refractivity contribution is 0.0474. The highest BCUT2D eigenvalue weighted by molar-refractivity contribution is 6.42. The van der Waals surface area contributed by atoms with Crippen LogP contribution < -0.4 is 5.32 Å². The first kappa shape index (κ1) is 12.7. The normalized spacial score (nSPS) is 32.0. The third-order valence-electron chi connectivity index (χ3n) is 4.06. The molecule has 0 amide bonds. The van der Waals surface area contributed by atoms with Gasteiger partial charge in [0.1, 0.15) is 0 Å². The molecule has 1 aromatic carbocycles. The van der Waals surface area contributed by atoms with Gasteiger partial charge in [-0.15, -0.1) is 0 Å². The van der Waals surface area contributed by atoms with E-state index in [4.69, 9.17) is 27.9 Å². The third-order valence-corrected chi connectivity index (χ3v) is 4.90. The zero-order valence-electron chi connectivity index (χ0n) is 10.2. The van der Waals surface area contributed by atoms with Gasteiger partial charge in [0.15, 0.2) is 0 Å². The Morgan fingerprint density at radius 2 is 2.11 bits per heavy atom. The molecule has 3 rings (SSSR count). The number of hydrogen-bond donors (Lipinski definition) is 1. The van der Waals surface area contributed by atoms with Crippen LogP contribution in [0.4, 0.5) is 0 Å². The lowest BCUT2D eigenvalue weighted by Gasteiger charge is -2.18. The zero-order chi connectivity index (χ0) is 12.5. The molecule has 1 N–H and O–H groups in total. The van der Waals surface area contributed by atoms with Crippen molar-refractivity contribution in [2.24, 2.45) is 5.92 Å². The molecular formula is C14H17Cl2NO. The molecule has 4 heteroatoms. The fourth-order valence-corrected chi connectivity index (χ4v) is 3.46. The molecule has 2 nitrogen and oxygen atoms in total. The van der Waals surface area contributed by atoms with Crippen molar-refractivity contribution in [1.29, 1.82) is 0 Å². The molecule has 2 aliphatic rings. The molecule has 0 radical (unpaired) electrons. The quantitative estimate of drug-likeness (QED) is 0.847. The van der Waals surface area contributed by atoms with Gasteiger partial charge in [0.05, 0.1) is 22.8 Å². The Kier molecular flexibility index (Phi) is 3.81. The van der Waals surface area contributed by atoms with Crippen LogP contribution in [0.3, 0.4) is 0 Å². The van der Waals surface area contributed by atoms with Crippen LogP contribution in [0.5, 0.6) is 0 Å². The topological polar surface area (TPSA) is 21.3 Å². The van der Waals surface area contributed by atoms with Crippen molar-refractivity contribution in [3.63, 3.8) is 0 Å². The summed E-state index contributed by atoms with van der Waals surface area (Å²) in [5.41, 5.74) is 0.997. The molecule has 18 heavy (non-hydrogen) atoms. The van der Waals surface area contributed by atoms with Gasteiger partial charge in [-0.05, 0) is 24.8 Å². The average Bonchev–Trinajstić information content (AvgIpc) is 2.73. The number of rotatable bonds is 1. The molecule has 1 aromatic rings. The molecule has 0 bridgehead atoms. The minimum atomic E-state index is 0.0156. The van der Waals surface area contributed by atoms with Crippen molar-refractivity contribution in [2.45, 2.75) is 31.4 Å². The van der Waals surface area contributed by atoms with Gasteiger partial charge < -0.3 is 10.1 Å². The van der Waals surface area contributed by atoms with E-state index < -0.39 is 0 Å². The van der Waals surface area contributed by atoms with Crippen molar-refractivity contribution in [2.75, 3.05) is 13.2 Å². The molecule has 1 aliphatic heterocycles. The van der Waals surface area contributed by atoms with Gasteiger partial charge in [-0.1, -0.05) is 41.8 Å². The summed E-state index contributed by atoms with van der Waals surface area (Å²) in [5, 5.41) is 4.83. The van der Waals surface area contributed by atoms with Gasteiger partial charge in [0.25, 0.3) is 0 Å². The van der Waals surface area contributed by atoms with Crippen LogP contribution in [-0.4, -0.2) is 19.2 Å². The van der Waals surface area contributed by atoms with E-state index in [0.717, 1.165) is 18.7 Å². The maximum Gasteiger partial charge on any atom is 0.0964 e. The van der Waals surface area contributed by atoms with Gasteiger partial charge in [-0.25, -0.2) is 0 Å². The van der Waals surface area contributed by atoms with Gasteiger partial charge in [0.2, 0.25) is 0 Å². The molecule has 2 fully saturated rings. The second kappa shape index (κ2) is 5.38. The number of halogens is 2. The lowest BCUT2D eigenvalue weighted by atomic mass is 10.1. The Hall–Kier alpha value is -0.280. The lowest BCUT2D eigenvalue weighted by Crippen LogP contribution is -2.32. The standard InChI is InChI=1S/C14H17Cl2NO/c15-11-5-2-4-10(14(11)16)13-7-17-12-6-1-3-9(12)8-18-13/h2,4-5,9,12-13,17H,1,3,6-8H2. The summed E-state index contributed by atoms with van der Waals surface area (Å²) >= 11 is 12.3. The first-order valence-corrected chi connectivity index (χ1v) is 7.30. The van der Waals surface area contributed by atoms with Crippen LogP contribution in [0.2, 0.25) is 10.0 Å². The van der Waals surface area contributed by atoms with Crippen LogP contribution >= 0.6 is 23.2 Å². The fourth-order valence-electron chi connectivity index (χ4n) is 3.03. The van der Waals surface area contributed by atoms with Gasteiger partial charge in [0, 0.05) is 18.2 Å². The molecule has 3 unspecified atom stereocenters. The van der Waals surface area contributed by atoms with Gasteiger partial charge in [-0.2, -0.15) is 0 Å². The molecule has 98 valence electrons. The van der Waals surface area contributed by atoms with Crippen molar-refractivity contribution in [3.05, 3.63) is 33.8 Å². The summed E-state index contributed by atoms with van der Waals surface area (Å²) in [6.45, 7) is 1.65. The summed E-state index contributed by atoms with van der Waals surface area (Å²) < 4.78 is 6.03. The smallest absolute Gasteiger partial charge is 0.0964 e. The molecule has 1 saturated carbocycles. The molecule has 1 aliphatic carbocycles. The van der Waals surface area contributed by atoms with Crippen LogP contribution in [0.1, 0.15) is 30.9 Å². The number of ether oxygens (including phenoxy) is 1. The van der Waals surface area contributed by atoms with E-state index >= 15 is 0 Å². The maximum atomic E-state index is 6.26. The predicted molar refractivity (Wildman–Crippen MR) is 74.3 cm³/mol. The summed E-state index contributed by atoms with van der Waals surface area (Å²) in [6, 6.07) is 6.36. The zero-order valence-corrected chi connectivity index (χ0v) is 11.7. The van der Waals surface area contributed by atoms with E-state index in [1.807, 2.05) is 18.2 Å². The summed E-state index contributed by atoms with van der Waals surface area (Å²) in [5.74, 6) is 0.660. The Bertz CT molecular complexity index is 424. The largest absolute Gasteiger partial charge is 0.372 e. The van der Waals surface area contributed by atoms with Crippen LogP contribution in [-0.2, 0) is 4.74 Å². The first-order chi connectivity index (χ1) is 8.75. The van der Waals surface area contributed by atoms with E-state index in [1.165, 1.54) is 19.3 Å². The van der Waals surface area contributed by atoms with Crippen molar-refractivity contribution >= 4 is 23.2 Å². The number of fused-ring (bicyclic) bond motifs is 1. The second-order valence-electron chi connectivity index (χ2n) is 5.17. The maximum absolute atomic E-state index is 6.26. The third kappa shape index (κ3) is 2.39. The van der Waals surface area contributed by atoms with Crippen molar-refractivity contribution in [1.82, 2.24) is 5.32 Å². The van der Waals surface area contributed by atoms with Crippen LogP contribution in [0.25, 0.3) is 0 Å². The fraction of sp³-hybridized carbons (Fsp3) is 0.571. The Balaban J connectivity index is 1.79. The van der Waals surface area contributed by atoms with Crippen molar-refractivity contribution < 1.29 is 4.74 Å². The van der Waals surface area contributed by atoms with E-state index in [9.17, 15) is 0 Å². The summed E-state index contributed by atoms with van der Waals surface area (Å²) in [7, 11) is 0. The van der Waals surface area contributed by atoms with E-state index in [-0.39, 0.29) is 6.10 Å². The average molecular weight is 286 g/mol. The van der Waals surface area contributed by atoms with Crippen LogP contribution in [0.15, 0.2) is 18.2 Å². The highest BCUT2D eigenvalue weighted by atomic mass is 35.5.